The molecule has 0 bridgehead atoms. The molecule has 6 heteroatoms. The number of benzene rings is 1. The Hall–Kier alpha value is -1.26. The van der Waals surface area contributed by atoms with Crippen LogP contribution in [0.3, 0.4) is 0 Å². The smallest absolute Gasteiger partial charge is 0.231 e. The van der Waals surface area contributed by atoms with Gasteiger partial charge < -0.3 is 5.73 Å². The molecule has 2 N–H and O–H groups in total. The van der Waals surface area contributed by atoms with Crippen LogP contribution >= 0.6 is 23.2 Å². The maximum absolute atomic E-state index is 11.9. The van der Waals surface area contributed by atoms with E-state index in [2.05, 4.69) is 4.99 Å². The molecule has 1 aliphatic heterocycles. The Balaban J connectivity index is 2.48. The summed E-state index contributed by atoms with van der Waals surface area (Å²) >= 11 is 11.9. The third-order valence-corrected chi connectivity index (χ3v) is 3.86. The third kappa shape index (κ3) is 2.18. The van der Waals surface area contributed by atoms with Gasteiger partial charge in [-0.3, -0.25) is 9.69 Å². The van der Waals surface area contributed by atoms with Crippen molar-refractivity contribution in [1.82, 2.24) is 4.90 Å². The van der Waals surface area contributed by atoms with Crippen molar-refractivity contribution >= 4 is 35.1 Å². The maximum Gasteiger partial charge on any atom is 0.231 e. The zero-order chi connectivity index (χ0) is 13.5. The third-order valence-electron chi connectivity index (χ3n) is 3.12. The fourth-order valence-electron chi connectivity index (χ4n) is 1.91. The number of nitrogens with zero attached hydrogens (tertiary/aromatic N) is 2. The van der Waals surface area contributed by atoms with Crippen LogP contribution in [0.25, 0.3) is 0 Å². The highest BCUT2D eigenvalue weighted by Crippen LogP contribution is 2.35. The standard InChI is InChI=1S/C12H13Cl2N3O/c1-12(6-10(18)17(2)11(15)16-12)7-3-4-8(13)9(14)5-7/h3-5H,6H2,1-2H3,(H2,15,16)/t12-/m0/s1. The molecule has 0 saturated carbocycles. The molecule has 0 fully saturated rings. The lowest BCUT2D eigenvalue weighted by Gasteiger charge is -2.33. The lowest BCUT2D eigenvalue weighted by Crippen LogP contribution is -2.47. The zero-order valence-electron chi connectivity index (χ0n) is 10.1. The van der Waals surface area contributed by atoms with Crippen LogP contribution in [0.15, 0.2) is 23.2 Å². The number of carbonyl (C=O) groups excluding carboxylic acids is 1. The summed E-state index contributed by atoms with van der Waals surface area (Å²) in [6.45, 7) is 1.85. The first kappa shape index (κ1) is 13.2. The molecule has 1 atom stereocenters. The molecule has 18 heavy (non-hydrogen) atoms. The van der Waals surface area contributed by atoms with Crippen molar-refractivity contribution < 1.29 is 4.79 Å². The van der Waals surface area contributed by atoms with Gasteiger partial charge in [0.2, 0.25) is 5.91 Å². The minimum Gasteiger partial charge on any atom is -0.369 e. The van der Waals surface area contributed by atoms with Crippen LogP contribution in [0.5, 0.6) is 0 Å². The van der Waals surface area contributed by atoms with E-state index in [0.717, 1.165) is 5.56 Å². The molecule has 1 heterocycles. The average Bonchev–Trinajstić information content (AvgIpc) is 2.29. The molecule has 1 amide bonds. The number of carbonyl (C=O) groups is 1. The second-order valence-electron chi connectivity index (χ2n) is 4.50. The fourth-order valence-corrected chi connectivity index (χ4v) is 2.20. The van der Waals surface area contributed by atoms with E-state index >= 15 is 0 Å². The van der Waals surface area contributed by atoms with Crippen LogP contribution in [-0.4, -0.2) is 23.8 Å². The van der Waals surface area contributed by atoms with E-state index in [4.69, 9.17) is 28.9 Å². The minimum absolute atomic E-state index is 0.0731. The quantitative estimate of drug-likeness (QED) is 0.861. The van der Waals surface area contributed by atoms with Crippen molar-refractivity contribution in [2.24, 2.45) is 10.7 Å². The van der Waals surface area contributed by atoms with E-state index in [1.807, 2.05) is 13.0 Å². The van der Waals surface area contributed by atoms with Gasteiger partial charge in [0, 0.05) is 7.05 Å². The molecule has 1 aromatic carbocycles. The predicted octanol–water partition coefficient (Wildman–Crippen LogP) is 2.39. The number of amides is 1. The Kier molecular flexibility index (Phi) is 3.25. The number of rotatable bonds is 1. The lowest BCUT2D eigenvalue weighted by atomic mass is 9.88. The largest absolute Gasteiger partial charge is 0.369 e. The number of aliphatic imine (C=N–C) groups is 1. The van der Waals surface area contributed by atoms with Crippen LogP contribution in [0.1, 0.15) is 18.9 Å². The van der Waals surface area contributed by atoms with E-state index < -0.39 is 5.54 Å². The van der Waals surface area contributed by atoms with Gasteiger partial charge in [0.15, 0.2) is 5.96 Å². The van der Waals surface area contributed by atoms with Crippen molar-refractivity contribution in [3.05, 3.63) is 33.8 Å². The molecule has 0 aromatic heterocycles. The Labute approximate surface area is 115 Å². The summed E-state index contributed by atoms with van der Waals surface area (Å²) in [4.78, 5) is 17.6. The zero-order valence-corrected chi connectivity index (χ0v) is 11.6. The molecular formula is C12H13Cl2N3O. The molecule has 1 aromatic rings. The number of hydrogen-bond acceptors (Lipinski definition) is 3. The van der Waals surface area contributed by atoms with Gasteiger partial charge in [-0.15, -0.1) is 0 Å². The molecule has 96 valence electrons. The van der Waals surface area contributed by atoms with Gasteiger partial charge in [-0.05, 0) is 24.6 Å². The van der Waals surface area contributed by atoms with E-state index in [9.17, 15) is 4.79 Å². The first-order valence-electron chi connectivity index (χ1n) is 5.41. The van der Waals surface area contributed by atoms with Crippen molar-refractivity contribution in [1.29, 1.82) is 0 Å². The van der Waals surface area contributed by atoms with Gasteiger partial charge in [-0.1, -0.05) is 29.3 Å². The topological polar surface area (TPSA) is 58.7 Å². The summed E-state index contributed by atoms with van der Waals surface area (Å²) in [7, 11) is 1.61. The van der Waals surface area contributed by atoms with E-state index in [-0.39, 0.29) is 18.3 Å². The number of hydrogen-bond donors (Lipinski definition) is 1. The first-order chi connectivity index (χ1) is 8.33. The number of halogens is 2. The van der Waals surface area contributed by atoms with Crippen LogP contribution in [0.2, 0.25) is 10.0 Å². The average molecular weight is 286 g/mol. The summed E-state index contributed by atoms with van der Waals surface area (Å²) < 4.78 is 0. The van der Waals surface area contributed by atoms with Gasteiger partial charge >= 0.3 is 0 Å². The molecule has 2 rings (SSSR count). The first-order valence-corrected chi connectivity index (χ1v) is 6.16. The second-order valence-corrected chi connectivity index (χ2v) is 5.32. The number of nitrogens with two attached hydrogens (primary N) is 1. The van der Waals surface area contributed by atoms with E-state index in [1.165, 1.54) is 4.90 Å². The van der Waals surface area contributed by atoms with Crippen LogP contribution in [0.4, 0.5) is 0 Å². The van der Waals surface area contributed by atoms with Crippen molar-refractivity contribution in [2.75, 3.05) is 7.05 Å². The molecule has 0 spiro atoms. The molecule has 0 radical (unpaired) electrons. The van der Waals surface area contributed by atoms with Crippen molar-refractivity contribution in [3.63, 3.8) is 0 Å². The van der Waals surface area contributed by atoms with Gasteiger partial charge in [0.25, 0.3) is 0 Å². The van der Waals surface area contributed by atoms with Gasteiger partial charge in [-0.2, -0.15) is 0 Å². The molecule has 0 aliphatic carbocycles. The Morgan fingerprint density at radius 3 is 2.61 bits per heavy atom. The van der Waals surface area contributed by atoms with E-state index in [1.54, 1.807) is 19.2 Å². The highest BCUT2D eigenvalue weighted by atomic mass is 35.5. The van der Waals surface area contributed by atoms with Crippen LogP contribution in [0, 0.1) is 0 Å². The second kappa shape index (κ2) is 4.44. The van der Waals surface area contributed by atoms with Gasteiger partial charge in [-0.25, -0.2) is 4.99 Å². The van der Waals surface area contributed by atoms with Gasteiger partial charge in [0.1, 0.15) is 0 Å². The summed E-state index contributed by atoms with van der Waals surface area (Å²) in [5, 5.41) is 0.913. The monoisotopic (exact) mass is 285 g/mol. The molecule has 1 aliphatic rings. The summed E-state index contributed by atoms with van der Waals surface area (Å²) in [6.07, 6.45) is 0.252. The SMILES string of the molecule is CN1C(=O)C[C@@](C)(c2ccc(Cl)c(Cl)c2)N=C1N. The van der Waals surface area contributed by atoms with Gasteiger partial charge in [0.05, 0.1) is 22.0 Å². The highest BCUT2D eigenvalue weighted by Gasteiger charge is 2.36. The fraction of sp³-hybridized carbons (Fsp3) is 0.333. The van der Waals surface area contributed by atoms with Crippen molar-refractivity contribution in [3.8, 4) is 0 Å². The predicted molar refractivity (Wildman–Crippen MR) is 72.8 cm³/mol. The Morgan fingerprint density at radius 2 is 2.06 bits per heavy atom. The minimum atomic E-state index is -0.693. The van der Waals surface area contributed by atoms with Crippen LogP contribution in [-0.2, 0) is 10.3 Å². The summed E-state index contributed by atoms with van der Waals surface area (Å²) in [5.74, 6) is 0.135. The molecule has 0 unspecified atom stereocenters. The molecular weight excluding hydrogens is 273 g/mol. The molecule has 0 saturated heterocycles. The van der Waals surface area contributed by atoms with Crippen molar-refractivity contribution in [2.45, 2.75) is 18.9 Å². The normalized spacial score (nSPS) is 24.1. The van der Waals surface area contributed by atoms with Crippen LogP contribution < -0.4 is 5.73 Å². The molecule has 4 nitrogen and oxygen atoms in total. The Morgan fingerprint density at radius 1 is 1.39 bits per heavy atom. The highest BCUT2D eigenvalue weighted by molar-refractivity contribution is 6.42. The van der Waals surface area contributed by atoms with E-state index in [0.29, 0.717) is 10.0 Å². The Bertz CT molecular complexity index is 544. The summed E-state index contributed by atoms with van der Waals surface area (Å²) in [5.41, 5.74) is 5.87. The lowest BCUT2D eigenvalue weighted by molar-refractivity contribution is -0.128. The maximum atomic E-state index is 11.9. The summed E-state index contributed by atoms with van der Waals surface area (Å²) in [6, 6.07) is 5.22. The number of guanidine groups is 1.